The second-order valence-corrected chi connectivity index (χ2v) is 11.7. The van der Waals surface area contributed by atoms with Crippen LogP contribution in [-0.4, -0.2) is 77.2 Å². The van der Waals surface area contributed by atoms with Gasteiger partial charge in [0.2, 0.25) is 5.95 Å². The van der Waals surface area contributed by atoms with Gasteiger partial charge in [-0.05, 0) is 84.2 Å². The van der Waals surface area contributed by atoms with Gasteiger partial charge in [-0.15, -0.1) is 0 Å². The average Bonchev–Trinajstić information content (AvgIpc) is 3.74. The maximum Gasteiger partial charge on any atom is 0.415 e. The number of aromatic nitrogens is 2. The van der Waals surface area contributed by atoms with Crippen LogP contribution in [0.4, 0.5) is 22.2 Å². The minimum absolute atomic E-state index is 0.171. The van der Waals surface area contributed by atoms with Crippen molar-refractivity contribution in [3.8, 4) is 5.75 Å². The molecule has 242 valence electrons. The van der Waals surface area contributed by atoms with Crippen LogP contribution in [0.25, 0.3) is 0 Å². The Morgan fingerprint density at radius 3 is 2.29 bits per heavy atom. The van der Waals surface area contributed by atoms with E-state index < -0.39 is 17.6 Å². The third kappa shape index (κ3) is 8.74. The number of carbonyl (C=O) groups is 3. The summed E-state index contributed by atoms with van der Waals surface area (Å²) in [5, 5.41) is 3.29. The number of benzene rings is 1. The molecule has 2 aromatic heterocycles. The minimum Gasteiger partial charge on any atom is -0.459 e. The molecule has 1 aliphatic rings. The lowest BCUT2D eigenvalue weighted by molar-refractivity contribution is -0.155. The molecule has 1 aliphatic heterocycles. The van der Waals surface area contributed by atoms with Crippen LogP contribution in [0.5, 0.6) is 5.75 Å². The van der Waals surface area contributed by atoms with E-state index in [1.807, 2.05) is 37.8 Å². The molecule has 45 heavy (non-hydrogen) atoms. The van der Waals surface area contributed by atoms with Crippen molar-refractivity contribution >= 4 is 35.4 Å². The van der Waals surface area contributed by atoms with E-state index in [-0.39, 0.29) is 24.2 Å². The fraction of sp³-hybridized carbons (Fsp3) is 0.485. The molecule has 1 fully saturated rings. The first kappa shape index (κ1) is 33.3. The zero-order valence-corrected chi connectivity index (χ0v) is 27.0. The van der Waals surface area contributed by atoms with Crippen molar-refractivity contribution in [3.63, 3.8) is 0 Å². The summed E-state index contributed by atoms with van der Waals surface area (Å²) in [6.45, 7) is 14.3. The van der Waals surface area contributed by atoms with Gasteiger partial charge in [0.1, 0.15) is 23.1 Å². The Balaban J connectivity index is 1.66. The van der Waals surface area contributed by atoms with Crippen LogP contribution in [-0.2, 0) is 16.0 Å². The van der Waals surface area contributed by atoms with Crippen molar-refractivity contribution in [3.05, 3.63) is 60.2 Å². The lowest BCUT2D eigenvalue weighted by Crippen LogP contribution is -2.39. The zero-order chi connectivity index (χ0) is 32.6. The number of hydrogen-bond acceptors (Lipinski definition) is 10. The summed E-state index contributed by atoms with van der Waals surface area (Å²) in [6, 6.07) is 9.42. The van der Waals surface area contributed by atoms with Crippen LogP contribution in [0, 0.1) is 0 Å². The van der Waals surface area contributed by atoms with Crippen molar-refractivity contribution in [2.75, 3.05) is 47.8 Å². The van der Waals surface area contributed by atoms with Gasteiger partial charge in [-0.3, -0.25) is 4.79 Å². The van der Waals surface area contributed by atoms with Crippen LogP contribution < -0.4 is 19.9 Å². The normalized spacial score (nSPS) is 13.7. The van der Waals surface area contributed by atoms with Gasteiger partial charge in [0, 0.05) is 39.1 Å². The Hall–Kier alpha value is -4.61. The van der Waals surface area contributed by atoms with Gasteiger partial charge in [-0.25, -0.2) is 14.6 Å². The van der Waals surface area contributed by atoms with Gasteiger partial charge in [-0.1, -0.05) is 12.1 Å². The first-order valence-electron chi connectivity index (χ1n) is 15.5. The molecule has 4 rings (SSSR count). The predicted molar refractivity (Wildman–Crippen MR) is 172 cm³/mol. The summed E-state index contributed by atoms with van der Waals surface area (Å²) in [5.41, 5.74) is 0.460. The first-order chi connectivity index (χ1) is 21.5. The molecule has 0 unspecified atom stereocenters. The summed E-state index contributed by atoms with van der Waals surface area (Å²) >= 11 is 0. The van der Waals surface area contributed by atoms with Crippen LogP contribution >= 0.6 is 0 Å². The van der Waals surface area contributed by atoms with E-state index in [4.69, 9.17) is 18.9 Å². The smallest absolute Gasteiger partial charge is 0.415 e. The lowest BCUT2D eigenvalue weighted by Gasteiger charge is -2.28. The van der Waals surface area contributed by atoms with Gasteiger partial charge in [-0.2, -0.15) is 4.98 Å². The summed E-state index contributed by atoms with van der Waals surface area (Å²) in [5.74, 6) is 0.513. The molecule has 0 radical (unpaired) electrons. The Kier molecular flexibility index (Phi) is 11.0. The Morgan fingerprint density at radius 2 is 1.71 bits per heavy atom. The van der Waals surface area contributed by atoms with Gasteiger partial charge < -0.3 is 33.9 Å². The van der Waals surface area contributed by atoms with Crippen molar-refractivity contribution in [1.29, 1.82) is 0 Å². The highest BCUT2D eigenvalue weighted by atomic mass is 16.6. The Bertz CT molecular complexity index is 1430. The number of likely N-dealkylation sites (tertiary alicyclic amines) is 1. The molecule has 0 bridgehead atoms. The number of amides is 2. The lowest BCUT2D eigenvalue weighted by atomic mass is 10.0. The van der Waals surface area contributed by atoms with E-state index >= 15 is 0 Å². The maximum absolute atomic E-state index is 13.6. The number of nitrogens with one attached hydrogen (secondary N) is 1. The Morgan fingerprint density at radius 1 is 1.02 bits per heavy atom. The molecule has 0 aliphatic carbocycles. The fourth-order valence-electron chi connectivity index (χ4n) is 5.01. The topological polar surface area (TPSA) is 130 Å². The molecular formula is C33H44N6O6. The van der Waals surface area contributed by atoms with E-state index in [1.165, 1.54) is 11.2 Å². The highest BCUT2D eigenvalue weighted by molar-refractivity contribution is 6.05. The average molecular weight is 621 g/mol. The number of furan rings is 1. The maximum atomic E-state index is 13.6. The predicted octanol–water partition coefficient (Wildman–Crippen LogP) is 5.54. The van der Waals surface area contributed by atoms with Crippen LogP contribution in [0.2, 0.25) is 0 Å². The largest absolute Gasteiger partial charge is 0.459 e. The van der Waals surface area contributed by atoms with Crippen LogP contribution in [0.3, 0.4) is 0 Å². The standard InChI is InChI=1S/C33H44N6O6/c1-7-37(8-2)31-34-22-26(39(9-3)29(40)27-13-12-20-43-27)28(36-31)35-25(30(41)45-33(4,5)6)21-23-14-16-24(17-15-23)44-32(42)38-18-10-11-19-38/h12-17,20,22,25H,7-11,18-19,21H2,1-6H3,(H,34,35,36)/t25-/m0/s1. The number of carbonyl (C=O) groups excluding carboxylic acids is 3. The zero-order valence-electron chi connectivity index (χ0n) is 27.0. The summed E-state index contributed by atoms with van der Waals surface area (Å²) in [4.78, 5) is 54.0. The van der Waals surface area contributed by atoms with E-state index in [2.05, 4.69) is 10.3 Å². The van der Waals surface area contributed by atoms with Gasteiger partial charge in [0.15, 0.2) is 11.6 Å². The summed E-state index contributed by atoms with van der Waals surface area (Å²) in [6.07, 6.45) is 4.85. The summed E-state index contributed by atoms with van der Waals surface area (Å²) < 4.78 is 16.7. The SMILES string of the molecule is CCN(CC)c1ncc(N(CC)C(=O)c2ccco2)c(N[C@@H](Cc2ccc(OC(=O)N3CCCC3)cc2)C(=O)OC(C)(C)C)n1. The van der Waals surface area contributed by atoms with Crippen molar-refractivity contribution in [1.82, 2.24) is 14.9 Å². The molecule has 2 amide bonds. The molecule has 1 saturated heterocycles. The van der Waals surface area contributed by atoms with Gasteiger partial charge in [0.05, 0.1) is 12.5 Å². The second kappa shape index (κ2) is 14.9. The van der Waals surface area contributed by atoms with E-state index in [1.54, 1.807) is 56.1 Å². The fourth-order valence-corrected chi connectivity index (χ4v) is 5.01. The molecule has 12 heteroatoms. The van der Waals surface area contributed by atoms with Crippen molar-refractivity contribution < 1.29 is 28.3 Å². The monoisotopic (exact) mass is 620 g/mol. The number of nitrogens with zero attached hydrogens (tertiary/aromatic N) is 5. The van der Waals surface area contributed by atoms with E-state index in [0.717, 1.165) is 18.4 Å². The quantitative estimate of drug-likeness (QED) is 0.258. The van der Waals surface area contributed by atoms with E-state index in [9.17, 15) is 14.4 Å². The molecule has 0 spiro atoms. The molecule has 3 heterocycles. The second-order valence-electron chi connectivity index (χ2n) is 11.7. The van der Waals surface area contributed by atoms with Gasteiger partial charge in [0.25, 0.3) is 5.91 Å². The highest BCUT2D eigenvalue weighted by Crippen LogP contribution is 2.29. The van der Waals surface area contributed by atoms with Crippen LogP contribution in [0.1, 0.15) is 70.5 Å². The third-order valence-corrected chi connectivity index (χ3v) is 7.32. The van der Waals surface area contributed by atoms with E-state index in [0.29, 0.717) is 55.9 Å². The molecular weight excluding hydrogens is 576 g/mol. The Labute approximate surface area is 264 Å². The summed E-state index contributed by atoms with van der Waals surface area (Å²) in [7, 11) is 0. The highest BCUT2D eigenvalue weighted by Gasteiger charge is 2.30. The molecule has 0 saturated carbocycles. The number of rotatable bonds is 12. The van der Waals surface area contributed by atoms with Gasteiger partial charge >= 0.3 is 12.1 Å². The number of esters is 1. The first-order valence-corrected chi connectivity index (χ1v) is 15.5. The number of ether oxygens (including phenoxy) is 2. The molecule has 1 atom stereocenters. The molecule has 12 nitrogen and oxygen atoms in total. The molecule has 3 aromatic rings. The molecule has 1 aromatic carbocycles. The van der Waals surface area contributed by atoms with Crippen molar-refractivity contribution in [2.24, 2.45) is 0 Å². The van der Waals surface area contributed by atoms with Crippen LogP contribution in [0.15, 0.2) is 53.3 Å². The number of hydrogen-bond donors (Lipinski definition) is 1. The minimum atomic E-state index is -0.877. The van der Waals surface area contributed by atoms with Crippen molar-refractivity contribution in [2.45, 2.75) is 72.4 Å². The third-order valence-electron chi connectivity index (χ3n) is 7.32. The number of anilines is 3. The molecule has 1 N–H and O–H groups in total.